The largest absolute Gasteiger partial charge is 0.444 e. The molecule has 1 N–H and O–H groups in total. The minimum Gasteiger partial charge on any atom is -0.444 e. The highest BCUT2D eigenvalue weighted by Crippen LogP contribution is 2.26. The molecule has 1 fully saturated rings. The van der Waals surface area contributed by atoms with Crippen molar-refractivity contribution in [1.29, 1.82) is 0 Å². The second-order valence-electron chi connectivity index (χ2n) is 5.91. The lowest BCUT2D eigenvalue weighted by Gasteiger charge is -2.37. The first-order valence-electron chi connectivity index (χ1n) is 6.68. The lowest BCUT2D eigenvalue weighted by atomic mass is 10.1. The Balaban J connectivity index is 2.21. The standard InChI is InChI=1S/C13H21BrN4O2/c1-13(2,3)20-12(19)18-6-5-15-8-10(18)9-7-11(14)16-17(9)4/h7,10,15H,5-6,8H2,1-4H3. The molecule has 7 heteroatoms. The summed E-state index contributed by atoms with van der Waals surface area (Å²) in [5.41, 5.74) is 0.495. The van der Waals surface area contributed by atoms with Gasteiger partial charge in [-0.2, -0.15) is 5.10 Å². The smallest absolute Gasteiger partial charge is 0.410 e. The minimum atomic E-state index is -0.487. The van der Waals surface area contributed by atoms with Crippen molar-refractivity contribution in [2.45, 2.75) is 32.4 Å². The molecule has 1 aliphatic heterocycles. The molecular formula is C13H21BrN4O2. The van der Waals surface area contributed by atoms with Gasteiger partial charge in [-0.25, -0.2) is 4.79 Å². The highest BCUT2D eigenvalue weighted by atomic mass is 79.9. The van der Waals surface area contributed by atoms with Crippen LogP contribution in [0.3, 0.4) is 0 Å². The lowest BCUT2D eigenvalue weighted by Crippen LogP contribution is -2.50. The molecule has 1 aliphatic rings. The Labute approximate surface area is 127 Å². The average molecular weight is 345 g/mol. The fraction of sp³-hybridized carbons (Fsp3) is 0.692. The van der Waals surface area contributed by atoms with Crippen molar-refractivity contribution < 1.29 is 9.53 Å². The maximum Gasteiger partial charge on any atom is 0.410 e. The highest BCUT2D eigenvalue weighted by molar-refractivity contribution is 9.10. The van der Waals surface area contributed by atoms with Crippen LogP contribution in [-0.4, -0.2) is 46.0 Å². The molecular weight excluding hydrogens is 324 g/mol. The van der Waals surface area contributed by atoms with Crippen LogP contribution in [0.1, 0.15) is 32.5 Å². The van der Waals surface area contributed by atoms with Crippen LogP contribution in [0.15, 0.2) is 10.7 Å². The van der Waals surface area contributed by atoms with Crippen LogP contribution in [-0.2, 0) is 11.8 Å². The molecule has 1 aromatic rings. The van der Waals surface area contributed by atoms with Crippen molar-refractivity contribution in [3.8, 4) is 0 Å². The SMILES string of the molecule is Cn1nc(Br)cc1C1CNCCN1C(=O)OC(C)(C)C. The number of rotatable bonds is 1. The zero-order valence-corrected chi connectivity index (χ0v) is 13.9. The number of hydrogen-bond acceptors (Lipinski definition) is 4. The first-order chi connectivity index (χ1) is 9.28. The molecule has 0 aliphatic carbocycles. The van der Waals surface area contributed by atoms with Crippen LogP contribution in [0.5, 0.6) is 0 Å². The summed E-state index contributed by atoms with van der Waals surface area (Å²) in [7, 11) is 1.88. The third-order valence-corrected chi connectivity index (χ3v) is 3.49. The maximum atomic E-state index is 12.4. The summed E-state index contributed by atoms with van der Waals surface area (Å²) < 4.78 is 8.05. The van der Waals surface area contributed by atoms with Crippen molar-refractivity contribution in [2.75, 3.05) is 19.6 Å². The van der Waals surface area contributed by atoms with E-state index in [4.69, 9.17) is 4.74 Å². The molecule has 1 unspecified atom stereocenters. The maximum absolute atomic E-state index is 12.4. The number of carbonyl (C=O) groups excluding carboxylic acids is 1. The molecule has 0 spiro atoms. The van der Waals surface area contributed by atoms with Crippen molar-refractivity contribution in [2.24, 2.45) is 7.05 Å². The van der Waals surface area contributed by atoms with Crippen molar-refractivity contribution in [1.82, 2.24) is 20.0 Å². The molecule has 1 atom stereocenters. The number of nitrogens with zero attached hydrogens (tertiary/aromatic N) is 3. The van der Waals surface area contributed by atoms with Gasteiger partial charge in [-0.3, -0.25) is 9.58 Å². The first kappa shape index (κ1) is 15.3. The highest BCUT2D eigenvalue weighted by Gasteiger charge is 2.33. The molecule has 1 aromatic heterocycles. The van der Waals surface area contributed by atoms with Gasteiger partial charge in [-0.05, 0) is 42.8 Å². The van der Waals surface area contributed by atoms with Gasteiger partial charge in [-0.1, -0.05) is 0 Å². The second-order valence-corrected chi connectivity index (χ2v) is 6.72. The number of nitrogens with one attached hydrogen (secondary N) is 1. The predicted octanol–water partition coefficient (Wildman–Crippen LogP) is 2.06. The molecule has 2 rings (SSSR count). The van der Waals surface area contributed by atoms with Gasteiger partial charge >= 0.3 is 6.09 Å². The summed E-state index contributed by atoms with van der Waals surface area (Å²) in [4.78, 5) is 14.1. The van der Waals surface area contributed by atoms with E-state index >= 15 is 0 Å². The van der Waals surface area contributed by atoms with E-state index < -0.39 is 5.60 Å². The number of carbonyl (C=O) groups is 1. The predicted molar refractivity (Wildman–Crippen MR) is 79.5 cm³/mol. The number of halogens is 1. The van der Waals surface area contributed by atoms with E-state index in [0.717, 1.165) is 16.8 Å². The molecule has 0 saturated carbocycles. The number of ether oxygens (including phenoxy) is 1. The van der Waals surface area contributed by atoms with E-state index in [1.807, 2.05) is 33.9 Å². The average Bonchev–Trinajstić information content (AvgIpc) is 2.66. The Morgan fingerprint density at radius 3 is 2.80 bits per heavy atom. The fourth-order valence-corrected chi connectivity index (χ4v) is 2.74. The van der Waals surface area contributed by atoms with Gasteiger partial charge in [0.15, 0.2) is 0 Å². The Bertz CT molecular complexity index is 495. The van der Waals surface area contributed by atoms with E-state index in [1.165, 1.54) is 0 Å². The molecule has 0 bridgehead atoms. The molecule has 2 heterocycles. The van der Waals surface area contributed by atoms with Crippen LogP contribution in [0.2, 0.25) is 0 Å². The third kappa shape index (κ3) is 3.52. The number of hydrogen-bond donors (Lipinski definition) is 1. The summed E-state index contributed by atoms with van der Waals surface area (Å²) in [6.45, 7) is 7.73. The summed E-state index contributed by atoms with van der Waals surface area (Å²) in [6.07, 6.45) is -0.277. The summed E-state index contributed by atoms with van der Waals surface area (Å²) in [5, 5.41) is 7.59. The van der Waals surface area contributed by atoms with E-state index in [1.54, 1.807) is 9.58 Å². The van der Waals surface area contributed by atoms with Crippen molar-refractivity contribution >= 4 is 22.0 Å². The Morgan fingerprint density at radius 1 is 1.55 bits per heavy atom. The fourth-order valence-electron chi connectivity index (χ4n) is 2.26. The summed E-state index contributed by atoms with van der Waals surface area (Å²) in [6, 6.07) is 1.87. The van der Waals surface area contributed by atoms with Crippen LogP contribution < -0.4 is 5.32 Å². The monoisotopic (exact) mass is 344 g/mol. The lowest BCUT2D eigenvalue weighted by molar-refractivity contribution is 0.0109. The third-order valence-electron chi connectivity index (χ3n) is 3.10. The van der Waals surface area contributed by atoms with Crippen LogP contribution >= 0.6 is 15.9 Å². The molecule has 1 amide bonds. The molecule has 6 nitrogen and oxygen atoms in total. The number of amides is 1. The van der Waals surface area contributed by atoms with Gasteiger partial charge in [0.2, 0.25) is 0 Å². The van der Waals surface area contributed by atoms with Gasteiger partial charge in [0.05, 0.1) is 11.7 Å². The zero-order valence-electron chi connectivity index (χ0n) is 12.3. The van der Waals surface area contributed by atoms with Crippen molar-refractivity contribution in [3.63, 3.8) is 0 Å². The van der Waals surface area contributed by atoms with Gasteiger partial charge in [0.25, 0.3) is 0 Å². The number of aryl methyl sites for hydroxylation is 1. The quantitative estimate of drug-likeness (QED) is 0.847. The Kier molecular flexibility index (Phi) is 4.39. The summed E-state index contributed by atoms with van der Waals surface area (Å²) in [5.74, 6) is 0. The van der Waals surface area contributed by atoms with Crippen molar-refractivity contribution in [3.05, 3.63) is 16.4 Å². The Morgan fingerprint density at radius 2 is 2.25 bits per heavy atom. The van der Waals surface area contributed by atoms with Gasteiger partial charge < -0.3 is 10.1 Å². The van der Waals surface area contributed by atoms with Gasteiger partial charge in [0, 0.05) is 26.7 Å². The number of piperazine rings is 1. The van der Waals surface area contributed by atoms with E-state index in [-0.39, 0.29) is 12.1 Å². The number of aromatic nitrogens is 2. The van der Waals surface area contributed by atoms with Gasteiger partial charge in [-0.15, -0.1) is 0 Å². The normalized spacial score (nSPS) is 20.1. The molecule has 112 valence electrons. The molecule has 20 heavy (non-hydrogen) atoms. The van der Waals surface area contributed by atoms with Crippen LogP contribution in [0.25, 0.3) is 0 Å². The first-order valence-corrected chi connectivity index (χ1v) is 7.47. The molecule has 0 radical (unpaired) electrons. The Hall–Kier alpha value is -1.08. The van der Waals surface area contributed by atoms with Gasteiger partial charge in [0.1, 0.15) is 10.2 Å². The van der Waals surface area contributed by atoms with Crippen LogP contribution in [0.4, 0.5) is 4.79 Å². The topological polar surface area (TPSA) is 59.4 Å². The van der Waals surface area contributed by atoms with E-state index in [9.17, 15) is 4.79 Å². The minimum absolute atomic E-state index is 0.0672. The molecule has 0 aromatic carbocycles. The molecule has 1 saturated heterocycles. The second kappa shape index (κ2) is 5.73. The summed E-state index contributed by atoms with van der Waals surface area (Å²) >= 11 is 3.37. The van der Waals surface area contributed by atoms with Crippen LogP contribution in [0, 0.1) is 0 Å². The van der Waals surface area contributed by atoms with E-state index in [2.05, 4.69) is 26.3 Å². The van der Waals surface area contributed by atoms with E-state index in [0.29, 0.717) is 13.1 Å². The zero-order chi connectivity index (χ0) is 14.9.